The van der Waals surface area contributed by atoms with Crippen LogP contribution in [0.25, 0.3) is 0 Å². The summed E-state index contributed by atoms with van der Waals surface area (Å²) in [5.41, 5.74) is 2.41. The molecule has 0 fully saturated rings. The van der Waals surface area contributed by atoms with Gasteiger partial charge in [0.15, 0.2) is 0 Å². The molecule has 1 N–H and O–H groups in total. The van der Waals surface area contributed by atoms with Crippen LogP contribution >= 0.6 is 11.3 Å². The highest BCUT2D eigenvalue weighted by Crippen LogP contribution is 2.32. The van der Waals surface area contributed by atoms with Gasteiger partial charge in [0, 0.05) is 16.6 Å². The monoisotopic (exact) mass is 248 g/mol. The highest BCUT2D eigenvalue weighted by atomic mass is 32.1. The largest absolute Gasteiger partial charge is 0.495 e. The van der Waals surface area contributed by atoms with Crippen LogP contribution in [-0.2, 0) is 0 Å². The molecule has 17 heavy (non-hydrogen) atoms. The van der Waals surface area contributed by atoms with Crippen molar-refractivity contribution in [1.82, 2.24) is 10.3 Å². The maximum atomic E-state index is 5.37. The van der Waals surface area contributed by atoms with Gasteiger partial charge in [-0.25, -0.2) is 0 Å². The fraction of sp³-hybridized carbons (Fsp3) is 0.308. The summed E-state index contributed by atoms with van der Waals surface area (Å²) >= 11 is 1.76. The Morgan fingerprint density at radius 1 is 1.35 bits per heavy atom. The van der Waals surface area contributed by atoms with Gasteiger partial charge in [0.05, 0.1) is 19.3 Å². The molecule has 3 nitrogen and oxygen atoms in total. The molecule has 1 atom stereocenters. The van der Waals surface area contributed by atoms with Gasteiger partial charge in [0.2, 0.25) is 0 Å². The quantitative estimate of drug-likeness (QED) is 0.903. The second kappa shape index (κ2) is 5.29. The first-order chi connectivity index (χ1) is 8.27. The summed E-state index contributed by atoms with van der Waals surface area (Å²) in [4.78, 5) is 5.41. The number of methoxy groups -OCH3 is 1. The van der Waals surface area contributed by atoms with Gasteiger partial charge in [-0.15, -0.1) is 11.3 Å². The topological polar surface area (TPSA) is 34.2 Å². The van der Waals surface area contributed by atoms with Crippen molar-refractivity contribution < 1.29 is 4.74 Å². The number of nitrogens with zero attached hydrogens (tertiary/aromatic N) is 1. The summed E-state index contributed by atoms with van der Waals surface area (Å²) in [6, 6.07) is 4.30. The minimum atomic E-state index is 0.152. The number of aryl methyl sites for hydroxylation is 1. The van der Waals surface area contributed by atoms with Crippen molar-refractivity contribution in [3.63, 3.8) is 0 Å². The molecule has 0 radical (unpaired) electrons. The highest BCUT2D eigenvalue weighted by molar-refractivity contribution is 7.10. The lowest BCUT2D eigenvalue weighted by Gasteiger charge is -2.19. The van der Waals surface area contributed by atoms with Crippen molar-refractivity contribution in [2.24, 2.45) is 0 Å². The van der Waals surface area contributed by atoms with Crippen molar-refractivity contribution in [3.8, 4) is 5.75 Å². The fourth-order valence-corrected chi connectivity index (χ4v) is 2.71. The van der Waals surface area contributed by atoms with Crippen LogP contribution in [0.5, 0.6) is 5.75 Å². The second-order valence-corrected chi connectivity index (χ2v) is 4.89. The van der Waals surface area contributed by atoms with Crippen molar-refractivity contribution in [2.45, 2.75) is 13.0 Å². The molecule has 0 bridgehead atoms. The molecule has 0 amide bonds. The van der Waals surface area contributed by atoms with Gasteiger partial charge in [-0.2, -0.15) is 0 Å². The Kier molecular flexibility index (Phi) is 3.76. The number of ether oxygens (including phenoxy) is 1. The van der Waals surface area contributed by atoms with E-state index < -0.39 is 0 Å². The first-order valence-corrected chi connectivity index (χ1v) is 6.35. The molecule has 0 aliphatic carbocycles. The Bertz CT molecular complexity index is 496. The lowest BCUT2D eigenvalue weighted by atomic mass is 10.00. The maximum absolute atomic E-state index is 5.37. The van der Waals surface area contributed by atoms with Gasteiger partial charge in [-0.05, 0) is 37.0 Å². The molecule has 0 aliphatic heterocycles. The number of rotatable bonds is 4. The number of nitrogens with one attached hydrogen (secondary N) is 1. The van der Waals surface area contributed by atoms with Crippen LogP contribution in [0.1, 0.15) is 22.0 Å². The van der Waals surface area contributed by atoms with Gasteiger partial charge < -0.3 is 10.1 Å². The van der Waals surface area contributed by atoms with E-state index >= 15 is 0 Å². The Hall–Kier alpha value is -1.39. The van der Waals surface area contributed by atoms with E-state index in [0.29, 0.717) is 0 Å². The van der Waals surface area contributed by atoms with Crippen molar-refractivity contribution in [3.05, 3.63) is 45.9 Å². The van der Waals surface area contributed by atoms with Crippen molar-refractivity contribution in [1.29, 1.82) is 0 Å². The molecule has 0 aliphatic rings. The Labute approximate surface area is 105 Å². The number of hydrogen-bond acceptors (Lipinski definition) is 4. The third-order valence-corrected chi connectivity index (χ3v) is 3.71. The zero-order valence-corrected chi connectivity index (χ0v) is 11.0. The van der Waals surface area contributed by atoms with E-state index in [1.54, 1.807) is 30.8 Å². The summed E-state index contributed by atoms with van der Waals surface area (Å²) < 4.78 is 5.37. The summed E-state index contributed by atoms with van der Waals surface area (Å²) in [7, 11) is 3.63. The molecule has 0 spiro atoms. The lowest BCUT2D eigenvalue weighted by molar-refractivity contribution is 0.403. The molecule has 2 heterocycles. The van der Waals surface area contributed by atoms with Crippen LogP contribution in [0.4, 0.5) is 0 Å². The van der Waals surface area contributed by atoms with Gasteiger partial charge in [-0.1, -0.05) is 0 Å². The third kappa shape index (κ3) is 2.33. The average Bonchev–Trinajstić information content (AvgIpc) is 2.78. The average molecular weight is 248 g/mol. The molecule has 2 aromatic heterocycles. The van der Waals surface area contributed by atoms with E-state index in [4.69, 9.17) is 4.74 Å². The van der Waals surface area contributed by atoms with Crippen LogP contribution in [0, 0.1) is 6.92 Å². The highest BCUT2D eigenvalue weighted by Gasteiger charge is 2.18. The molecule has 0 saturated carbocycles. The van der Waals surface area contributed by atoms with Gasteiger partial charge in [-0.3, -0.25) is 4.98 Å². The molecule has 2 aromatic rings. The second-order valence-electron chi connectivity index (χ2n) is 3.77. The van der Waals surface area contributed by atoms with Crippen molar-refractivity contribution >= 4 is 11.3 Å². The van der Waals surface area contributed by atoms with Crippen LogP contribution in [-0.4, -0.2) is 19.1 Å². The number of thiophene rings is 1. The minimum Gasteiger partial charge on any atom is -0.495 e. The Morgan fingerprint density at radius 3 is 2.76 bits per heavy atom. The van der Waals surface area contributed by atoms with E-state index in [1.807, 2.05) is 13.1 Å². The number of aromatic nitrogens is 1. The molecule has 2 rings (SSSR count). The summed E-state index contributed by atoms with van der Waals surface area (Å²) in [6.45, 7) is 2.14. The van der Waals surface area contributed by atoms with Gasteiger partial charge in [0.1, 0.15) is 5.75 Å². The van der Waals surface area contributed by atoms with E-state index in [-0.39, 0.29) is 6.04 Å². The molecule has 0 aromatic carbocycles. The Morgan fingerprint density at radius 2 is 2.18 bits per heavy atom. The predicted octanol–water partition coefficient (Wildman–Crippen LogP) is 2.77. The standard InChI is InChI=1S/C13H16N2OS/c1-9-10(5-7-17-9)13(14-2)11-4-6-15-8-12(11)16-3/h4-8,13-14H,1-3H3. The molecule has 1 unspecified atom stereocenters. The lowest BCUT2D eigenvalue weighted by Crippen LogP contribution is -2.18. The molecular formula is C13H16N2OS. The van der Waals surface area contributed by atoms with Crippen molar-refractivity contribution in [2.75, 3.05) is 14.2 Å². The van der Waals surface area contributed by atoms with Crippen LogP contribution in [0.2, 0.25) is 0 Å². The maximum Gasteiger partial charge on any atom is 0.142 e. The number of hydrogen-bond donors (Lipinski definition) is 1. The summed E-state index contributed by atoms with van der Waals surface area (Å²) in [6.07, 6.45) is 3.55. The van der Waals surface area contributed by atoms with Gasteiger partial charge >= 0.3 is 0 Å². The van der Waals surface area contributed by atoms with Crippen LogP contribution in [0.3, 0.4) is 0 Å². The third-order valence-electron chi connectivity index (χ3n) is 2.85. The molecule has 4 heteroatoms. The van der Waals surface area contributed by atoms with Gasteiger partial charge in [0.25, 0.3) is 0 Å². The Balaban J connectivity index is 2.46. The van der Waals surface area contributed by atoms with E-state index in [0.717, 1.165) is 11.3 Å². The van der Waals surface area contributed by atoms with Crippen LogP contribution < -0.4 is 10.1 Å². The zero-order valence-electron chi connectivity index (χ0n) is 10.2. The SMILES string of the molecule is CNC(c1ccncc1OC)c1ccsc1C. The first-order valence-electron chi connectivity index (χ1n) is 5.47. The molecule has 90 valence electrons. The van der Waals surface area contributed by atoms with E-state index in [9.17, 15) is 0 Å². The smallest absolute Gasteiger partial charge is 0.142 e. The normalized spacial score (nSPS) is 12.4. The first kappa shape index (κ1) is 12.1. The zero-order chi connectivity index (χ0) is 12.3. The summed E-state index contributed by atoms with van der Waals surface area (Å²) in [5, 5.41) is 5.45. The molecule has 0 saturated heterocycles. The summed E-state index contributed by atoms with van der Waals surface area (Å²) in [5.74, 6) is 0.817. The minimum absolute atomic E-state index is 0.152. The fourth-order valence-electron chi connectivity index (χ4n) is 1.97. The van der Waals surface area contributed by atoms with E-state index in [2.05, 4.69) is 28.7 Å². The molecular weight excluding hydrogens is 232 g/mol. The predicted molar refractivity (Wildman–Crippen MR) is 70.7 cm³/mol. The number of pyridine rings is 1. The van der Waals surface area contributed by atoms with Crippen LogP contribution in [0.15, 0.2) is 29.9 Å². The van der Waals surface area contributed by atoms with E-state index in [1.165, 1.54) is 10.4 Å².